The van der Waals surface area contributed by atoms with Crippen LogP contribution >= 0.6 is 0 Å². The van der Waals surface area contributed by atoms with Gasteiger partial charge in [0.15, 0.2) is 0 Å². The van der Waals surface area contributed by atoms with Crippen molar-refractivity contribution in [3.8, 4) is 0 Å². The van der Waals surface area contributed by atoms with Gasteiger partial charge in [0.25, 0.3) is 0 Å². The molecule has 0 saturated carbocycles. The van der Waals surface area contributed by atoms with Gasteiger partial charge in [0.05, 0.1) is 11.3 Å². The zero-order chi connectivity index (χ0) is 14.6. The van der Waals surface area contributed by atoms with Gasteiger partial charge < -0.3 is 11.1 Å². The second-order valence-corrected chi connectivity index (χ2v) is 6.17. The number of benzene rings is 1. The van der Waals surface area contributed by atoms with Crippen LogP contribution in [0.1, 0.15) is 6.92 Å². The lowest BCUT2D eigenvalue weighted by Crippen LogP contribution is -2.29. The van der Waals surface area contributed by atoms with Crippen LogP contribution in [0.5, 0.6) is 0 Å². The van der Waals surface area contributed by atoms with Crippen molar-refractivity contribution in [2.24, 2.45) is 0 Å². The minimum atomic E-state index is -3.24. The zero-order valence-electron chi connectivity index (χ0n) is 11.1. The third-order valence-electron chi connectivity index (χ3n) is 2.69. The van der Waals surface area contributed by atoms with Gasteiger partial charge in [-0.2, -0.15) is 0 Å². The number of sulfonamides is 1. The maximum absolute atomic E-state index is 11.5. The van der Waals surface area contributed by atoms with Gasteiger partial charge in [-0.15, -0.1) is 0 Å². The van der Waals surface area contributed by atoms with Crippen molar-refractivity contribution in [3.05, 3.63) is 24.5 Å². The summed E-state index contributed by atoms with van der Waals surface area (Å²) < 4.78 is 25.5. The Balaban J connectivity index is 2.12. The summed E-state index contributed by atoms with van der Waals surface area (Å²) in [6, 6.07) is 5.32. The first-order valence-electron chi connectivity index (χ1n) is 6.23. The Morgan fingerprint density at radius 1 is 1.30 bits per heavy atom. The third kappa shape index (κ3) is 3.55. The van der Waals surface area contributed by atoms with E-state index in [1.807, 2.05) is 0 Å². The van der Waals surface area contributed by atoms with E-state index in [2.05, 4.69) is 20.0 Å². The van der Waals surface area contributed by atoms with Gasteiger partial charge in [-0.3, -0.25) is 0 Å². The molecule has 20 heavy (non-hydrogen) atoms. The van der Waals surface area contributed by atoms with E-state index in [-0.39, 0.29) is 12.3 Å². The van der Waals surface area contributed by atoms with E-state index in [1.54, 1.807) is 25.1 Å². The molecule has 0 amide bonds. The van der Waals surface area contributed by atoms with Gasteiger partial charge in [0.2, 0.25) is 10.0 Å². The summed E-state index contributed by atoms with van der Waals surface area (Å²) in [5, 5.41) is 3.78. The number of nitrogens with two attached hydrogens (primary N) is 1. The van der Waals surface area contributed by atoms with Crippen molar-refractivity contribution in [1.29, 1.82) is 0 Å². The fourth-order valence-electron chi connectivity index (χ4n) is 1.81. The number of rotatable bonds is 6. The summed E-state index contributed by atoms with van der Waals surface area (Å²) in [7, 11) is -3.24. The highest BCUT2D eigenvalue weighted by Gasteiger charge is 2.09. The summed E-state index contributed by atoms with van der Waals surface area (Å²) in [4.78, 5) is 8.25. The first-order valence-corrected chi connectivity index (χ1v) is 7.88. The zero-order valence-corrected chi connectivity index (χ0v) is 11.9. The van der Waals surface area contributed by atoms with Crippen LogP contribution in [-0.2, 0) is 10.0 Å². The molecule has 2 aromatic rings. The summed E-state index contributed by atoms with van der Waals surface area (Å²) in [5.41, 5.74) is 7.10. The molecular weight excluding hydrogens is 278 g/mol. The van der Waals surface area contributed by atoms with Crippen LogP contribution < -0.4 is 15.8 Å². The molecular formula is C12H17N5O2S. The number of nitrogen functional groups attached to an aromatic ring is 1. The van der Waals surface area contributed by atoms with Crippen molar-refractivity contribution >= 4 is 32.4 Å². The smallest absolute Gasteiger partial charge is 0.213 e. The topological polar surface area (TPSA) is 110 Å². The predicted molar refractivity (Wildman–Crippen MR) is 79.9 cm³/mol. The van der Waals surface area contributed by atoms with E-state index in [0.29, 0.717) is 18.1 Å². The van der Waals surface area contributed by atoms with Crippen molar-refractivity contribution < 1.29 is 8.42 Å². The molecule has 0 atom stereocenters. The van der Waals surface area contributed by atoms with E-state index < -0.39 is 10.0 Å². The van der Waals surface area contributed by atoms with Crippen molar-refractivity contribution in [1.82, 2.24) is 14.7 Å². The standard InChI is InChI=1S/C12H17N5O2S/c1-2-17-20(18,19)6-5-14-12-10-7-9(13)3-4-11(10)15-8-16-12/h3-4,7-8,17H,2,5-6,13H2,1H3,(H,14,15,16). The van der Waals surface area contributed by atoms with Crippen LogP contribution in [0, 0.1) is 0 Å². The minimum Gasteiger partial charge on any atom is -0.399 e. The Morgan fingerprint density at radius 2 is 2.10 bits per heavy atom. The molecule has 1 aromatic heterocycles. The highest BCUT2D eigenvalue weighted by molar-refractivity contribution is 7.89. The first-order chi connectivity index (χ1) is 9.52. The number of fused-ring (bicyclic) bond motifs is 1. The summed E-state index contributed by atoms with van der Waals surface area (Å²) in [6.45, 7) is 2.39. The molecule has 1 heterocycles. The Labute approximate surface area is 117 Å². The molecule has 1 aromatic carbocycles. The highest BCUT2D eigenvalue weighted by atomic mass is 32.2. The van der Waals surface area contributed by atoms with Gasteiger partial charge in [-0.05, 0) is 18.2 Å². The quantitative estimate of drug-likeness (QED) is 0.672. The predicted octanol–water partition coefficient (Wildman–Crippen LogP) is 0.563. The number of aromatic nitrogens is 2. The number of hydrogen-bond acceptors (Lipinski definition) is 6. The maximum atomic E-state index is 11.5. The number of nitrogens with zero attached hydrogens (tertiary/aromatic N) is 2. The Hall–Kier alpha value is -1.93. The normalized spacial score (nSPS) is 11.7. The monoisotopic (exact) mass is 295 g/mol. The maximum Gasteiger partial charge on any atom is 0.213 e. The van der Waals surface area contributed by atoms with E-state index in [1.165, 1.54) is 6.33 Å². The average Bonchev–Trinajstić information content (AvgIpc) is 2.39. The SMILES string of the molecule is CCNS(=O)(=O)CCNc1ncnc2ccc(N)cc12. The van der Waals surface area contributed by atoms with E-state index in [9.17, 15) is 8.42 Å². The van der Waals surface area contributed by atoms with Gasteiger partial charge in [-0.1, -0.05) is 6.92 Å². The molecule has 4 N–H and O–H groups in total. The largest absolute Gasteiger partial charge is 0.399 e. The van der Waals surface area contributed by atoms with Crippen molar-refractivity contribution in [2.75, 3.05) is 29.9 Å². The fourth-order valence-corrected chi connectivity index (χ4v) is 2.77. The Kier molecular flexibility index (Phi) is 4.35. The molecule has 0 saturated heterocycles. The molecule has 8 heteroatoms. The lowest BCUT2D eigenvalue weighted by molar-refractivity contribution is 0.584. The van der Waals surface area contributed by atoms with E-state index in [0.717, 1.165) is 10.9 Å². The average molecular weight is 295 g/mol. The van der Waals surface area contributed by atoms with Crippen LogP contribution in [0.4, 0.5) is 11.5 Å². The van der Waals surface area contributed by atoms with Crippen LogP contribution in [0.15, 0.2) is 24.5 Å². The second kappa shape index (κ2) is 6.02. The molecule has 0 unspecified atom stereocenters. The van der Waals surface area contributed by atoms with E-state index >= 15 is 0 Å². The van der Waals surface area contributed by atoms with E-state index in [4.69, 9.17) is 5.73 Å². The fraction of sp³-hybridized carbons (Fsp3) is 0.333. The van der Waals surface area contributed by atoms with Gasteiger partial charge in [0.1, 0.15) is 12.1 Å². The minimum absolute atomic E-state index is 0.0192. The molecule has 0 fully saturated rings. The van der Waals surface area contributed by atoms with Crippen LogP contribution in [0.25, 0.3) is 10.9 Å². The second-order valence-electron chi connectivity index (χ2n) is 4.24. The van der Waals surface area contributed by atoms with Crippen LogP contribution in [-0.4, -0.2) is 37.2 Å². The van der Waals surface area contributed by atoms with Gasteiger partial charge in [0, 0.05) is 24.2 Å². The molecule has 2 rings (SSSR count). The van der Waals surface area contributed by atoms with Crippen LogP contribution in [0.3, 0.4) is 0 Å². The van der Waals surface area contributed by atoms with Gasteiger partial charge >= 0.3 is 0 Å². The molecule has 108 valence electrons. The van der Waals surface area contributed by atoms with Gasteiger partial charge in [-0.25, -0.2) is 23.1 Å². The van der Waals surface area contributed by atoms with Crippen LogP contribution in [0.2, 0.25) is 0 Å². The summed E-state index contributed by atoms with van der Waals surface area (Å²) >= 11 is 0. The number of nitrogens with one attached hydrogen (secondary N) is 2. The van der Waals surface area contributed by atoms with Crippen molar-refractivity contribution in [3.63, 3.8) is 0 Å². The molecule has 0 aliphatic rings. The third-order valence-corrected chi connectivity index (χ3v) is 4.16. The highest BCUT2D eigenvalue weighted by Crippen LogP contribution is 2.21. The number of anilines is 2. The molecule has 0 spiro atoms. The molecule has 0 bridgehead atoms. The Morgan fingerprint density at radius 3 is 2.85 bits per heavy atom. The number of hydrogen-bond donors (Lipinski definition) is 3. The molecule has 0 radical (unpaired) electrons. The summed E-state index contributed by atoms with van der Waals surface area (Å²) in [5.74, 6) is 0.559. The molecule has 0 aliphatic heterocycles. The molecule has 7 nitrogen and oxygen atoms in total. The Bertz CT molecular complexity index is 702. The lowest BCUT2D eigenvalue weighted by Gasteiger charge is -2.09. The lowest BCUT2D eigenvalue weighted by atomic mass is 10.2. The van der Waals surface area contributed by atoms with Crippen molar-refractivity contribution in [2.45, 2.75) is 6.92 Å². The summed E-state index contributed by atoms with van der Waals surface area (Å²) in [6.07, 6.45) is 1.43. The first kappa shape index (κ1) is 14.5. The molecule has 0 aliphatic carbocycles.